The minimum absolute atomic E-state index is 0. The Hall–Kier alpha value is -1.75. The standard InChI is InChI=1S/C11H15N3O2.ClH/c1-3-16-10(15)8-5-4-7(2)6-9(8)14-11(12)13;/h4-6H,3H2,1-2H3,(H4,12,13,14);1H. The van der Waals surface area contributed by atoms with E-state index in [1.807, 2.05) is 6.92 Å². The second-order valence-electron chi connectivity index (χ2n) is 3.28. The van der Waals surface area contributed by atoms with Gasteiger partial charge in [-0.3, -0.25) is 0 Å². The van der Waals surface area contributed by atoms with Crippen molar-refractivity contribution >= 4 is 30.0 Å². The Morgan fingerprint density at radius 3 is 2.59 bits per heavy atom. The van der Waals surface area contributed by atoms with Gasteiger partial charge in [-0.2, -0.15) is 0 Å². The van der Waals surface area contributed by atoms with Crippen LogP contribution in [0, 0.1) is 6.92 Å². The van der Waals surface area contributed by atoms with Crippen LogP contribution in [0.5, 0.6) is 0 Å². The third-order valence-corrected chi connectivity index (χ3v) is 1.90. The number of carbonyl (C=O) groups excluding carboxylic acids is 1. The summed E-state index contributed by atoms with van der Waals surface area (Å²) < 4.78 is 4.90. The number of hydrogen-bond acceptors (Lipinski definition) is 3. The molecule has 1 rings (SSSR count). The number of guanidine groups is 1. The summed E-state index contributed by atoms with van der Waals surface area (Å²) in [5.74, 6) is -0.515. The summed E-state index contributed by atoms with van der Waals surface area (Å²) in [5.41, 5.74) is 12.3. The van der Waals surface area contributed by atoms with E-state index in [2.05, 4.69) is 4.99 Å². The Labute approximate surface area is 106 Å². The average Bonchev–Trinajstić information content (AvgIpc) is 2.16. The number of halogens is 1. The van der Waals surface area contributed by atoms with Crippen LogP contribution >= 0.6 is 12.4 Å². The minimum atomic E-state index is -0.428. The SMILES string of the molecule is CCOC(=O)c1ccc(C)cc1N=C(N)N.Cl. The second-order valence-corrected chi connectivity index (χ2v) is 3.28. The highest BCUT2D eigenvalue weighted by Crippen LogP contribution is 2.21. The molecule has 17 heavy (non-hydrogen) atoms. The van der Waals surface area contributed by atoms with Gasteiger partial charge < -0.3 is 16.2 Å². The van der Waals surface area contributed by atoms with Gasteiger partial charge in [0, 0.05) is 0 Å². The molecule has 4 N–H and O–H groups in total. The molecule has 0 atom stereocenters. The van der Waals surface area contributed by atoms with Crippen molar-refractivity contribution in [2.75, 3.05) is 6.61 Å². The monoisotopic (exact) mass is 257 g/mol. The Bertz CT molecular complexity index is 429. The van der Waals surface area contributed by atoms with Gasteiger partial charge in [0.2, 0.25) is 0 Å². The Morgan fingerprint density at radius 1 is 1.41 bits per heavy atom. The van der Waals surface area contributed by atoms with Crippen LogP contribution in [-0.2, 0) is 4.74 Å². The number of rotatable bonds is 3. The van der Waals surface area contributed by atoms with Gasteiger partial charge in [0.25, 0.3) is 0 Å². The fraction of sp³-hybridized carbons (Fsp3) is 0.273. The van der Waals surface area contributed by atoms with Gasteiger partial charge in [-0.25, -0.2) is 9.79 Å². The summed E-state index contributed by atoms with van der Waals surface area (Å²) in [7, 11) is 0. The minimum Gasteiger partial charge on any atom is -0.462 e. The molecule has 94 valence electrons. The van der Waals surface area contributed by atoms with Gasteiger partial charge in [-0.15, -0.1) is 12.4 Å². The quantitative estimate of drug-likeness (QED) is 0.488. The molecule has 0 bridgehead atoms. The average molecular weight is 258 g/mol. The van der Waals surface area contributed by atoms with Gasteiger partial charge in [-0.05, 0) is 31.5 Å². The van der Waals surface area contributed by atoms with Crippen LogP contribution in [-0.4, -0.2) is 18.5 Å². The van der Waals surface area contributed by atoms with Crippen molar-refractivity contribution in [2.45, 2.75) is 13.8 Å². The lowest BCUT2D eigenvalue weighted by molar-refractivity contribution is 0.0527. The molecule has 0 unspecified atom stereocenters. The van der Waals surface area contributed by atoms with Crippen LogP contribution < -0.4 is 11.5 Å². The van der Waals surface area contributed by atoms with E-state index in [4.69, 9.17) is 16.2 Å². The van der Waals surface area contributed by atoms with Gasteiger partial charge >= 0.3 is 5.97 Å². The molecule has 1 aromatic carbocycles. The molecule has 0 aliphatic heterocycles. The first-order chi connectivity index (χ1) is 7.54. The zero-order valence-corrected chi connectivity index (χ0v) is 10.6. The van der Waals surface area contributed by atoms with Crippen molar-refractivity contribution in [1.29, 1.82) is 0 Å². The zero-order chi connectivity index (χ0) is 12.1. The Kier molecular flexibility index (Phi) is 6.06. The summed E-state index contributed by atoms with van der Waals surface area (Å²) in [6.07, 6.45) is 0. The van der Waals surface area contributed by atoms with Crippen LogP contribution in [0.4, 0.5) is 5.69 Å². The van der Waals surface area contributed by atoms with E-state index in [0.29, 0.717) is 17.9 Å². The first-order valence-electron chi connectivity index (χ1n) is 4.92. The van der Waals surface area contributed by atoms with Crippen LogP contribution in [0.3, 0.4) is 0 Å². The van der Waals surface area contributed by atoms with E-state index < -0.39 is 5.97 Å². The number of hydrogen-bond donors (Lipinski definition) is 2. The molecule has 0 aromatic heterocycles. The topological polar surface area (TPSA) is 90.7 Å². The fourth-order valence-electron chi connectivity index (χ4n) is 1.25. The van der Waals surface area contributed by atoms with E-state index in [-0.39, 0.29) is 18.4 Å². The lowest BCUT2D eigenvalue weighted by Crippen LogP contribution is -2.22. The molecule has 0 saturated carbocycles. The highest BCUT2D eigenvalue weighted by molar-refractivity contribution is 5.96. The predicted octanol–water partition coefficient (Wildman–Crippen LogP) is 1.50. The second kappa shape index (κ2) is 6.75. The lowest BCUT2D eigenvalue weighted by Gasteiger charge is -2.06. The highest BCUT2D eigenvalue weighted by Gasteiger charge is 2.12. The number of esters is 1. The number of nitrogens with zero attached hydrogens (tertiary/aromatic N) is 1. The van der Waals surface area contributed by atoms with Crippen LogP contribution in [0.25, 0.3) is 0 Å². The maximum absolute atomic E-state index is 11.6. The maximum Gasteiger partial charge on any atom is 0.340 e. The summed E-state index contributed by atoms with van der Waals surface area (Å²) in [4.78, 5) is 15.5. The van der Waals surface area contributed by atoms with E-state index in [1.54, 1.807) is 25.1 Å². The van der Waals surface area contributed by atoms with Gasteiger partial charge in [0.05, 0.1) is 17.9 Å². The first kappa shape index (κ1) is 15.2. The van der Waals surface area contributed by atoms with E-state index in [9.17, 15) is 4.79 Å². The molecule has 0 aliphatic carbocycles. The van der Waals surface area contributed by atoms with Gasteiger partial charge in [-0.1, -0.05) is 6.07 Å². The third kappa shape index (κ3) is 4.32. The molecule has 5 nitrogen and oxygen atoms in total. The maximum atomic E-state index is 11.6. The molecule has 0 radical (unpaired) electrons. The van der Waals surface area contributed by atoms with E-state index in [1.165, 1.54) is 0 Å². The molecule has 0 fully saturated rings. The number of nitrogens with two attached hydrogens (primary N) is 2. The van der Waals surface area contributed by atoms with Crippen molar-refractivity contribution in [3.05, 3.63) is 29.3 Å². The summed E-state index contributed by atoms with van der Waals surface area (Å²) >= 11 is 0. The molecule has 0 spiro atoms. The van der Waals surface area contributed by atoms with Gasteiger partial charge in [0.1, 0.15) is 0 Å². The molecule has 0 aliphatic rings. The Morgan fingerprint density at radius 2 is 2.06 bits per heavy atom. The number of aliphatic imine (C=N–C) groups is 1. The van der Waals surface area contributed by atoms with Crippen molar-refractivity contribution < 1.29 is 9.53 Å². The van der Waals surface area contributed by atoms with E-state index >= 15 is 0 Å². The fourth-order valence-corrected chi connectivity index (χ4v) is 1.25. The third-order valence-electron chi connectivity index (χ3n) is 1.90. The Balaban J connectivity index is 0.00000256. The molecule has 0 amide bonds. The zero-order valence-electron chi connectivity index (χ0n) is 9.77. The molecular formula is C11H16ClN3O2. The van der Waals surface area contributed by atoms with Crippen molar-refractivity contribution in [1.82, 2.24) is 0 Å². The van der Waals surface area contributed by atoms with Crippen molar-refractivity contribution in [3.8, 4) is 0 Å². The predicted molar refractivity (Wildman–Crippen MR) is 69.9 cm³/mol. The smallest absolute Gasteiger partial charge is 0.340 e. The number of carbonyl (C=O) groups is 1. The van der Waals surface area contributed by atoms with Crippen molar-refractivity contribution in [2.24, 2.45) is 16.5 Å². The van der Waals surface area contributed by atoms with E-state index in [0.717, 1.165) is 5.56 Å². The summed E-state index contributed by atoms with van der Waals surface area (Å²) in [5, 5.41) is 0. The molecular weight excluding hydrogens is 242 g/mol. The van der Waals surface area contributed by atoms with Crippen LogP contribution in [0.1, 0.15) is 22.8 Å². The molecule has 0 saturated heterocycles. The largest absolute Gasteiger partial charge is 0.462 e. The molecule has 1 aromatic rings. The summed E-state index contributed by atoms with van der Waals surface area (Å²) in [6.45, 7) is 3.95. The van der Waals surface area contributed by atoms with Gasteiger partial charge in [0.15, 0.2) is 5.96 Å². The van der Waals surface area contributed by atoms with Crippen molar-refractivity contribution in [3.63, 3.8) is 0 Å². The normalized spacial score (nSPS) is 9.06. The molecule has 6 heteroatoms. The first-order valence-corrected chi connectivity index (χ1v) is 4.92. The number of ether oxygens (including phenoxy) is 1. The lowest BCUT2D eigenvalue weighted by atomic mass is 10.1. The number of aryl methyl sites for hydroxylation is 1. The summed E-state index contributed by atoms with van der Waals surface area (Å²) in [6, 6.07) is 5.18. The highest BCUT2D eigenvalue weighted by atomic mass is 35.5. The van der Waals surface area contributed by atoms with Crippen LogP contribution in [0.2, 0.25) is 0 Å². The van der Waals surface area contributed by atoms with Crippen LogP contribution in [0.15, 0.2) is 23.2 Å². The molecule has 0 heterocycles. The number of benzene rings is 1.